The van der Waals surface area contributed by atoms with Crippen molar-refractivity contribution < 1.29 is 103 Å². The van der Waals surface area contributed by atoms with E-state index in [2.05, 4.69) is 175 Å². The van der Waals surface area contributed by atoms with E-state index in [9.17, 15) is 45.5 Å². The van der Waals surface area contributed by atoms with Gasteiger partial charge in [0.15, 0.2) is 0 Å². The number of halogens is 6. The first kappa shape index (κ1) is 107. The van der Waals surface area contributed by atoms with E-state index in [1.54, 1.807) is 137 Å². The minimum absolute atomic E-state index is 0. The number of hydrogen-bond donors (Lipinski definition) is 0. The second kappa shape index (κ2) is 56.0. The van der Waals surface area contributed by atoms with Crippen molar-refractivity contribution in [2.24, 2.45) is 0 Å². The zero-order valence-electron chi connectivity index (χ0n) is 74.1. The molecule has 0 amide bonds. The van der Waals surface area contributed by atoms with Gasteiger partial charge >= 0.3 is 51.3 Å². The van der Waals surface area contributed by atoms with Crippen LogP contribution in [0.15, 0.2) is 204 Å². The van der Waals surface area contributed by atoms with E-state index >= 15 is 0 Å². The van der Waals surface area contributed by atoms with E-state index in [1.165, 1.54) is 130 Å². The van der Waals surface area contributed by atoms with Crippen LogP contribution in [-0.4, -0.2) is 81.1 Å². The number of isothiocyanates is 1. The number of aryl methyl sites for hydroxylation is 4. The van der Waals surface area contributed by atoms with Gasteiger partial charge in [0.05, 0.1) is 66.7 Å². The van der Waals surface area contributed by atoms with Gasteiger partial charge in [-0.2, -0.15) is 37.7 Å². The standard InChI is InChI=1S/2C29H25N3O4S.C23H21F3N4S.C19H19F3N3S.CNS.2Ru/c2*1-2-3-4-5-6-22-11-14-37-29(22)8-7-21-9-12-30-25(15-21)27-17-24(36-20-34)18-28(32-27)26-16-23(35-19-33)10-13-31-26;1-2-3-4-5-7-15-9-11-31-22(15)16-12-18(17-8-6-10-27-17)28-19(13-16)20-14-21(30-29-20)23(24,25)26;1-2-3-4-5-6-13-8-10-26-18(13)14-7-9-23-15(11-14)16-12-17(25-24-16)19(20,21)22;2-1-3;;/h2*9-20H,2-6H2,1H3;6,8-14H,2-5,7H2,1H3;7-12H,2-6H2,1H3;;;/q;;-2;2*-1;2*+2. The van der Waals surface area contributed by atoms with Gasteiger partial charge in [-0.1, -0.05) is 164 Å². The van der Waals surface area contributed by atoms with Crippen LogP contribution in [0.2, 0.25) is 0 Å². The fraction of sp³-hybridized carbons (Fsp3) is 0.257. The van der Waals surface area contributed by atoms with Gasteiger partial charge in [0.2, 0.25) is 0 Å². The summed E-state index contributed by atoms with van der Waals surface area (Å²) in [6, 6.07) is 41.5. The number of carbonyl (C=O) groups is 4. The van der Waals surface area contributed by atoms with Crippen LogP contribution in [0, 0.1) is 23.7 Å². The largest absolute Gasteiger partial charge is 2.00 e. The molecule has 0 aliphatic carbocycles. The number of hydrogen-bond acceptors (Lipinski definition) is 23. The number of thiocarbonyl (C=S) groups is 1. The summed E-state index contributed by atoms with van der Waals surface area (Å²) in [5.41, 5.74) is 12.6. The molecule has 15 aromatic rings. The topological polar surface area (TPSA) is 299 Å². The summed E-state index contributed by atoms with van der Waals surface area (Å²) < 4.78 is 97.3. The molecule has 0 bridgehead atoms. The summed E-state index contributed by atoms with van der Waals surface area (Å²) in [4.78, 5) is 87.7. The molecule has 22 nitrogen and oxygen atoms in total. The van der Waals surface area contributed by atoms with Gasteiger partial charge in [-0.15, -0.1) is 51.0 Å². The van der Waals surface area contributed by atoms with Gasteiger partial charge in [0, 0.05) is 94.0 Å². The number of thiophene rings is 4. The Kier molecular flexibility index (Phi) is 44.1. The van der Waals surface area contributed by atoms with E-state index in [0.717, 1.165) is 92.4 Å². The van der Waals surface area contributed by atoms with Crippen molar-refractivity contribution in [2.75, 3.05) is 0 Å². The second-order valence-electron chi connectivity index (χ2n) is 29.9. The molecule has 35 heteroatoms. The van der Waals surface area contributed by atoms with Crippen molar-refractivity contribution in [3.05, 3.63) is 264 Å². The second-order valence-corrected chi connectivity index (χ2v) is 33.7. The van der Waals surface area contributed by atoms with Gasteiger partial charge in [-0.05, 0) is 203 Å². The van der Waals surface area contributed by atoms with Crippen molar-refractivity contribution in [1.82, 2.24) is 65.3 Å². The average Bonchev–Trinajstić information content (AvgIpc) is 1.61. The van der Waals surface area contributed by atoms with E-state index in [-0.39, 0.29) is 61.8 Å². The number of aromatic nitrogens is 13. The number of unbranched alkanes of at least 4 members (excludes halogenated alkanes) is 12. The third-order valence-corrected chi connectivity index (χ3v) is 24.1. The normalized spacial score (nSPS) is 10.6. The van der Waals surface area contributed by atoms with Crippen LogP contribution in [0.5, 0.6) is 23.0 Å². The van der Waals surface area contributed by atoms with E-state index < -0.39 is 23.7 Å². The number of alkyl halides is 6. The SMILES string of the molecule is CCCCCCc1ccsc1-c1cc(-c2ccc[n-]2)nc(-c2cc(C(F)(F)F)n[n-]2)c1.CCCCCCc1ccsc1-c1ccnc(-c2cc(C(F)(F)F)n[n-]2)c1.CCCCCCc1ccsc1C#Cc1ccnc(-c2cc(OC=O)cc(-c3cc(OC=O)ccn3)n2)c1.CCCCCCc1ccsc1C#Cc1ccnc(-c2cc(OC=O)cc(-c3cc(OC=O)ccn3)n2)c1.[N-]=C=S.[Ru+2].[Ru+2]. The summed E-state index contributed by atoms with van der Waals surface area (Å²) >= 11 is 10.3. The Bertz CT molecular complexity index is 6290. The van der Waals surface area contributed by atoms with Crippen molar-refractivity contribution >= 4 is 88.6 Å². The van der Waals surface area contributed by atoms with Crippen LogP contribution in [-0.2, 0) is 96.2 Å². The average molecular weight is 2100 g/mol. The zero-order chi connectivity index (χ0) is 94.9. The van der Waals surface area contributed by atoms with E-state index in [1.807, 2.05) is 42.5 Å². The summed E-state index contributed by atoms with van der Waals surface area (Å²) in [7, 11) is 0. The Hall–Kier alpha value is -12.7. The molecule has 0 unspecified atom stereocenters. The summed E-state index contributed by atoms with van der Waals surface area (Å²) in [5, 5.41) is 30.6. The van der Waals surface area contributed by atoms with Crippen LogP contribution >= 0.6 is 57.6 Å². The molecular formula is C101H90F6N14O8Ru2S5. The first-order valence-electron chi connectivity index (χ1n) is 43.1. The minimum Gasteiger partial charge on any atom is -0.753 e. The third kappa shape index (κ3) is 32.5. The smallest absolute Gasteiger partial charge is 0.753 e. The zero-order valence-corrected chi connectivity index (χ0v) is 81.7. The van der Waals surface area contributed by atoms with Crippen LogP contribution in [0.4, 0.5) is 26.3 Å². The predicted octanol–water partition coefficient (Wildman–Crippen LogP) is 24.9. The molecule has 0 spiro atoms. The Balaban J connectivity index is 0.000000202. The van der Waals surface area contributed by atoms with E-state index in [4.69, 9.17) is 24.4 Å². The van der Waals surface area contributed by atoms with Gasteiger partial charge in [0.1, 0.15) is 34.4 Å². The van der Waals surface area contributed by atoms with Crippen molar-refractivity contribution in [3.8, 4) is 147 Å². The van der Waals surface area contributed by atoms with E-state index in [0.29, 0.717) is 106 Å². The Morgan fingerprint density at radius 3 is 1.10 bits per heavy atom. The molecule has 0 aromatic carbocycles. The summed E-state index contributed by atoms with van der Waals surface area (Å²) in [5.74, 6) is 14.3. The van der Waals surface area contributed by atoms with Gasteiger partial charge in [0.25, 0.3) is 25.9 Å². The quantitative estimate of drug-likeness (QED) is 0.00664. The van der Waals surface area contributed by atoms with Gasteiger partial charge < -0.3 is 49.7 Å². The fourth-order valence-corrected chi connectivity index (χ4v) is 17.2. The number of ether oxygens (including phenoxy) is 4. The molecule has 15 aromatic heterocycles. The Morgan fingerprint density at radius 2 is 0.706 bits per heavy atom. The molecule has 700 valence electrons. The molecule has 15 heterocycles. The molecular weight excluding hydrogens is 2010 g/mol. The maximum absolute atomic E-state index is 13.0. The first-order valence-corrected chi connectivity index (χ1v) is 47.0. The van der Waals surface area contributed by atoms with Crippen molar-refractivity contribution in [3.63, 3.8) is 0 Å². The molecule has 0 saturated carbocycles. The maximum Gasteiger partial charge on any atom is 2.00 e. The van der Waals surface area contributed by atoms with Crippen LogP contribution < -0.4 is 34.1 Å². The minimum atomic E-state index is -4.54. The Morgan fingerprint density at radius 1 is 0.368 bits per heavy atom. The van der Waals surface area contributed by atoms with Crippen LogP contribution in [0.25, 0.3) is 106 Å². The number of pyridine rings is 8. The molecule has 15 rings (SSSR count). The molecule has 0 aliphatic heterocycles. The van der Waals surface area contributed by atoms with Gasteiger partial charge in [-0.3, -0.25) is 49.1 Å². The number of carbonyl (C=O) groups excluding carboxylic acids is 4. The maximum atomic E-state index is 13.0. The van der Waals surface area contributed by atoms with Crippen molar-refractivity contribution in [1.29, 1.82) is 0 Å². The molecule has 136 heavy (non-hydrogen) atoms. The summed E-state index contributed by atoms with van der Waals surface area (Å²) in [6.45, 7) is 10.2. The molecule has 0 N–H and O–H groups in total. The summed E-state index contributed by atoms with van der Waals surface area (Å²) in [6.07, 6.45) is 23.8. The van der Waals surface area contributed by atoms with Crippen LogP contribution in [0.1, 0.15) is 185 Å². The molecule has 0 atom stereocenters. The molecule has 0 radical (unpaired) electrons. The predicted molar refractivity (Wildman–Crippen MR) is 513 cm³/mol. The molecule has 0 aliphatic rings. The van der Waals surface area contributed by atoms with Crippen molar-refractivity contribution in [2.45, 2.75) is 168 Å². The van der Waals surface area contributed by atoms with Crippen LogP contribution in [0.3, 0.4) is 0 Å². The third-order valence-electron chi connectivity index (χ3n) is 20.3. The Labute approximate surface area is 830 Å². The van der Waals surface area contributed by atoms with Gasteiger partial charge in [-0.25, -0.2) is 9.97 Å². The monoisotopic (exact) mass is 2100 g/mol. The number of nitrogens with zero attached hydrogens (tertiary/aromatic N) is 14. The number of rotatable bonds is 37. The fourth-order valence-electron chi connectivity index (χ4n) is 13.7. The molecule has 0 saturated heterocycles. The first-order chi connectivity index (χ1) is 65.2. The molecule has 0 fully saturated rings.